The lowest BCUT2D eigenvalue weighted by molar-refractivity contribution is -0.138. The molecule has 0 unspecified atom stereocenters. The number of hydrogen-bond acceptors (Lipinski definition) is 4. The van der Waals surface area contributed by atoms with E-state index in [0.717, 1.165) is 16.2 Å². The van der Waals surface area contributed by atoms with E-state index in [0.29, 0.717) is 26.1 Å². The van der Waals surface area contributed by atoms with Crippen LogP contribution in [0.4, 0.5) is 4.79 Å². The number of ether oxygens (including phenoxy) is 1. The number of rotatable bonds is 7. The number of hydrogen-bond donors (Lipinski definition) is 1. The molecule has 1 aromatic rings. The third kappa shape index (κ3) is 4.97. The van der Waals surface area contributed by atoms with Crippen LogP contribution in [-0.2, 0) is 9.59 Å². The van der Waals surface area contributed by atoms with Crippen molar-refractivity contribution in [2.24, 2.45) is 0 Å². The summed E-state index contributed by atoms with van der Waals surface area (Å²) >= 11 is 0. The van der Waals surface area contributed by atoms with E-state index in [1.54, 1.807) is 7.05 Å². The van der Waals surface area contributed by atoms with Crippen molar-refractivity contribution in [1.82, 2.24) is 15.1 Å². The summed E-state index contributed by atoms with van der Waals surface area (Å²) in [7, 11) is 1.65. The largest absolute Gasteiger partial charge is 0.494 e. The Bertz CT molecular complexity index is 602. The lowest BCUT2D eigenvalue weighted by atomic mass is 10.2. The fraction of sp³-hybridized carbons (Fsp3) is 0.471. The number of nitrogens with zero attached hydrogens (tertiary/aromatic N) is 2. The predicted octanol–water partition coefficient (Wildman–Crippen LogP) is 1.16. The normalized spacial score (nSPS) is 14.3. The molecule has 0 atom stereocenters. The first-order chi connectivity index (χ1) is 11.5. The fourth-order valence-electron chi connectivity index (χ4n) is 2.36. The highest BCUT2D eigenvalue weighted by atomic mass is 16.5. The SMILES string of the molecule is Cc1cccc(OCCCN(C)C(=O)CN2C(=O)CCNC2=O)c1. The van der Waals surface area contributed by atoms with E-state index >= 15 is 0 Å². The Morgan fingerprint density at radius 1 is 1.38 bits per heavy atom. The Morgan fingerprint density at radius 3 is 2.88 bits per heavy atom. The third-order valence-electron chi connectivity index (χ3n) is 3.78. The maximum Gasteiger partial charge on any atom is 0.324 e. The lowest BCUT2D eigenvalue weighted by Crippen LogP contribution is -2.53. The molecule has 24 heavy (non-hydrogen) atoms. The third-order valence-corrected chi connectivity index (χ3v) is 3.78. The van der Waals surface area contributed by atoms with Crippen LogP contribution in [-0.4, -0.2) is 60.9 Å². The molecule has 1 heterocycles. The fourth-order valence-corrected chi connectivity index (χ4v) is 2.36. The van der Waals surface area contributed by atoms with Gasteiger partial charge in [0.15, 0.2) is 0 Å². The van der Waals surface area contributed by atoms with Crippen LogP contribution in [0, 0.1) is 6.92 Å². The molecule has 0 aromatic heterocycles. The summed E-state index contributed by atoms with van der Waals surface area (Å²) in [6.45, 7) is 3.09. The van der Waals surface area contributed by atoms with Gasteiger partial charge in [0.1, 0.15) is 12.3 Å². The number of aryl methyl sites for hydroxylation is 1. The molecule has 1 aliphatic rings. The highest BCUT2D eigenvalue weighted by molar-refractivity contribution is 6.00. The molecule has 0 aliphatic carbocycles. The molecule has 0 bridgehead atoms. The number of carbonyl (C=O) groups is 3. The van der Waals surface area contributed by atoms with Crippen LogP contribution in [0.25, 0.3) is 0 Å². The Labute approximate surface area is 141 Å². The average Bonchev–Trinajstić information content (AvgIpc) is 2.55. The maximum atomic E-state index is 12.1. The summed E-state index contributed by atoms with van der Waals surface area (Å²) in [4.78, 5) is 37.9. The Kier molecular flexibility index (Phi) is 6.17. The van der Waals surface area contributed by atoms with Crippen molar-refractivity contribution in [2.75, 3.05) is 33.3 Å². The van der Waals surface area contributed by atoms with Crippen molar-refractivity contribution in [3.05, 3.63) is 29.8 Å². The number of nitrogens with one attached hydrogen (secondary N) is 1. The molecular weight excluding hydrogens is 310 g/mol. The van der Waals surface area contributed by atoms with Gasteiger partial charge in [-0.2, -0.15) is 0 Å². The van der Waals surface area contributed by atoms with Crippen molar-refractivity contribution < 1.29 is 19.1 Å². The zero-order chi connectivity index (χ0) is 17.5. The number of likely N-dealkylation sites (N-methyl/N-ethyl adjacent to an activating group) is 1. The summed E-state index contributed by atoms with van der Waals surface area (Å²) in [5.41, 5.74) is 1.13. The minimum atomic E-state index is -0.504. The molecule has 1 aromatic carbocycles. The van der Waals surface area contributed by atoms with Crippen LogP contribution in [0.3, 0.4) is 0 Å². The van der Waals surface area contributed by atoms with Gasteiger partial charge in [0, 0.05) is 26.6 Å². The molecule has 1 fully saturated rings. The van der Waals surface area contributed by atoms with Gasteiger partial charge in [-0.05, 0) is 31.0 Å². The molecule has 0 saturated carbocycles. The van der Waals surface area contributed by atoms with Gasteiger partial charge in [-0.3, -0.25) is 14.5 Å². The molecule has 7 nitrogen and oxygen atoms in total. The standard InChI is InChI=1S/C17H23N3O4/c1-13-5-3-6-14(11-13)24-10-4-9-19(2)16(22)12-20-15(21)7-8-18-17(20)23/h3,5-6,11H,4,7-10,12H2,1-2H3,(H,18,23). The monoisotopic (exact) mass is 333 g/mol. The zero-order valence-corrected chi connectivity index (χ0v) is 14.1. The molecule has 0 spiro atoms. The molecule has 1 saturated heterocycles. The second kappa shape index (κ2) is 8.33. The minimum Gasteiger partial charge on any atom is -0.494 e. The molecule has 1 aliphatic heterocycles. The van der Waals surface area contributed by atoms with E-state index in [1.807, 2.05) is 31.2 Å². The maximum absolute atomic E-state index is 12.1. The van der Waals surface area contributed by atoms with Crippen LogP contribution in [0.15, 0.2) is 24.3 Å². The van der Waals surface area contributed by atoms with Gasteiger partial charge in [0.25, 0.3) is 0 Å². The van der Waals surface area contributed by atoms with E-state index in [2.05, 4.69) is 5.32 Å². The highest BCUT2D eigenvalue weighted by Gasteiger charge is 2.28. The van der Waals surface area contributed by atoms with E-state index in [9.17, 15) is 14.4 Å². The smallest absolute Gasteiger partial charge is 0.324 e. The topological polar surface area (TPSA) is 79.0 Å². The first-order valence-electron chi connectivity index (χ1n) is 7.99. The Morgan fingerprint density at radius 2 is 2.17 bits per heavy atom. The number of urea groups is 1. The summed E-state index contributed by atoms with van der Waals surface area (Å²) < 4.78 is 5.63. The summed E-state index contributed by atoms with van der Waals surface area (Å²) in [5.74, 6) is 0.221. The van der Waals surface area contributed by atoms with E-state index in [1.165, 1.54) is 4.90 Å². The van der Waals surface area contributed by atoms with Crippen molar-refractivity contribution in [2.45, 2.75) is 19.8 Å². The van der Waals surface area contributed by atoms with Crippen molar-refractivity contribution in [1.29, 1.82) is 0 Å². The van der Waals surface area contributed by atoms with Gasteiger partial charge in [0.05, 0.1) is 6.61 Å². The molecular formula is C17H23N3O4. The Balaban J connectivity index is 1.71. The molecule has 7 heteroatoms. The van der Waals surface area contributed by atoms with Gasteiger partial charge in [-0.1, -0.05) is 12.1 Å². The van der Waals surface area contributed by atoms with Gasteiger partial charge < -0.3 is 15.0 Å². The van der Waals surface area contributed by atoms with Crippen LogP contribution >= 0.6 is 0 Å². The van der Waals surface area contributed by atoms with Crippen molar-refractivity contribution in [3.8, 4) is 5.75 Å². The van der Waals surface area contributed by atoms with E-state index in [4.69, 9.17) is 4.74 Å². The average molecular weight is 333 g/mol. The summed E-state index contributed by atoms with van der Waals surface area (Å²) in [5, 5.41) is 2.56. The second-order valence-corrected chi connectivity index (χ2v) is 5.80. The molecule has 130 valence electrons. The second-order valence-electron chi connectivity index (χ2n) is 5.80. The predicted molar refractivity (Wildman–Crippen MR) is 88.7 cm³/mol. The molecule has 4 amide bonds. The first kappa shape index (κ1) is 17.8. The van der Waals surface area contributed by atoms with E-state index < -0.39 is 6.03 Å². The van der Waals surface area contributed by atoms with Crippen LogP contribution in [0.2, 0.25) is 0 Å². The number of benzene rings is 1. The summed E-state index contributed by atoms with van der Waals surface area (Å²) in [6, 6.07) is 7.27. The number of amides is 4. The number of carbonyl (C=O) groups excluding carboxylic acids is 3. The van der Waals surface area contributed by atoms with Crippen molar-refractivity contribution in [3.63, 3.8) is 0 Å². The van der Waals surface area contributed by atoms with Gasteiger partial charge in [0.2, 0.25) is 11.8 Å². The molecule has 2 rings (SSSR count). The van der Waals surface area contributed by atoms with E-state index in [-0.39, 0.29) is 24.8 Å². The summed E-state index contributed by atoms with van der Waals surface area (Å²) in [6.07, 6.45) is 0.892. The molecule has 1 N–H and O–H groups in total. The van der Waals surface area contributed by atoms with Crippen LogP contribution < -0.4 is 10.1 Å². The minimum absolute atomic E-state index is 0.222. The van der Waals surface area contributed by atoms with Gasteiger partial charge in [-0.25, -0.2) is 4.79 Å². The lowest BCUT2D eigenvalue weighted by Gasteiger charge is -2.27. The van der Waals surface area contributed by atoms with Crippen molar-refractivity contribution >= 4 is 17.8 Å². The quantitative estimate of drug-likeness (QED) is 0.760. The van der Waals surface area contributed by atoms with Crippen LogP contribution in [0.5, 0.6) is 5.75 Å². The van der Waals surface area contributed by atoms with Gasteiger partial charge >= 0.3 is 6.03 Å². The van der Waals surface area contributed by atoms with Crippen LogP contribution in [0.1, 0.15) is 18.4 Å². The molecule has 0 radical (unpaired) electrons. The highest BCUT2D eigenvalue weighted by Crippen LogP contribution is 2.12. The number of imide groups is 1. The first-order valence-corrected chi connectivity index (χ1v) is 7.99. The zero-order valence-electron chi connectivity index (χ0n) is 14.1. The Hall–Kier alpha value is -2.57. The van der Waals surface area contributed by atoms with Gasteiger partial charge in [-0.15, -0.1) is 0 Å².